The van der Waals surface area contributed by atoms with Crippen LogP contribution in [0.2, 0.25) is 0 Å². The summed E-state index contributed by atoms with van der Waals surface area (Å²) in [6, 6.07) is 3.14. The lowest BCUT2D eigenvalue weighted by molar-refractivity contribution is -0.140. The van der Waals surface area contributed by atoms with E-state index < -0.39 is 12.0 Å². The Bertz CT molecular complexity index is 491. The Morgan fingerprint density at radius 3 is 2.70 bits per heavy atom. The lowest BCUT2D eigenvalue weighted by Crippen LogP contribution is -2.45. The average Bonchev–Trinajstić information content (AvgIpc) is 2.81. The SMILES string of the molecule is CC[C@H](C)[C@H](NC(=O)c1cccn1C1CCC1)C(=O)O. The molecule has 2 atom stereocenters. The van der Waals surface area contributed by atoms with E-state index in [2.05, 4.69) is 5.32 Å². The zero-order valence-electron chi connectivity index (χ0n) is 12.0. The van der Waals surface area contributed by atoms with Gasteiger partial charge in [-0.2, -0.15) is 0 Å². The molecule has 0 spiro atoms. The maximum Gasteiger partial charge on any atom is 0.326 e. The number of carbonyl (C=O) groups excluding carboxylic acids is 1. The highest BCUT2D eigenvalue weighted by Gasteiger charge is 2.28. The van der Waals surface area contributed by atoms with Crippen LogP contribution in [0.15, 0.2) is 18.3 Å². The molecule has 0 aliphatic heterocycles. The first-order valence-electron chi connectivity index (χ1n) is 7.25. The number of aliphatic carboxylic acids is 1. The molecule has 0 saturated heterocycles. The highest BCUT2D eigenvalue weighted by Crippen LogP contribution is 2.32. The number of amides is 1. The van der Waals surface area contributed by atoms with Gasteiger partial charge in [-0.3, -0.25) is 4.79 Å². The van der Waals surface area contributed by atoms with E-state index in [9.17, 15) is 14.7 Å². The van der Waals surface area contributed by atoms with Crippen LogP contribution in [0, 0.1) is 5.92 Å². The minimum atomic E-state index is -0.977. The van der Waals surface area contributed by atoms with Crippen molar-refractivity contribution in [1.29, 1.82) is 0 Å². The van der Waals surface area contributed by atoms with Gasteiger partial charge in [-0.15, -0.1) is 0 Å². The summed E-state index contributed by atoms with van der Waals surface area (Å²) in [5.74, 6) is -1.37. The van der Waals surface area contributed by atoms with Gasteiger partial charge in [0.15, 0.2) is 0 Å². The zero-order chi connectivity index (χ0) is 14.7. The summed E-state index contributed by atoms with van der Waals surface area (Å²) in [6.45, 7) is 3.76. The molecule has 2 rings (SSSR count). The molecule has 1 aliphatic carbocycles. The maximum atomic E-state index is 12.3. The summed E-state index contributed by atoms with van der Waals surface area (Å²) in [7, 11) is 0. The Labute approximate surface area is 119 Å². The molecular formula is C15H22N2O3. The van der Waals surface area contributed by atoms with Gasteiger partial charge < -0.3 is 15.0 Å². The molecule has 5 nitrogen and oxygen atoms in total. The van der Waals surface area contributed by atoms with Crippen molar-refractivity contribution >= 4 is 11.9 Å². The van der Waals surface area contributed by atoms with Crippen molar-refractivity contribution in [2.45, 2.75) is 51.6 Å². The fraction of sp³-hybridized carbons (Fsp3) is 0.600. The summed E-state index contributed by atoms with van der Waals surface area (Å²) in [6.07, 6.45) is 5.97. The molecule has 1 aromatic heterocycles. The molecule has 1 heterocycles. The quantitative estimate of drug-likeness (QED) is 0.839. The van der Waals surface area contributed by atoms with E-state index in [4.69, 9.17) is 0 Å². The molecule has 1 amide bonds. The van der Waals surface area contributed by atoms with Crippen LogP contribution in [-0.4, -0.2) is 27.6 Å². The topological polar surface area (TPSA) is 71.3 Å². The molecule has 0 bridgehead atoms. The number of nitrogens with one attached hydrogen (secondary N) is 1. The van der Waals surface area contributed by atoms with Gasteiger partial charge in [-0.05, 0) is 37.3 Å². The van der Waals surface area contributed by atoms with Gasteiger partial charge >= 0.3 is 5.97 Å². The molecule has 0 aromatic carbocycles. The number of aromatic nitrogens is 1. The third-order valence-electron chi connectivity index (χ3n) is 4.25. The summed E-state index contributed by atoms with van der Waals surface area (Å²) < 4.78 is 1.97. The average molecular weight is 278 g/mol. The third-order valence-corrected chi connectivity index (χ3v) is 4.25. The fourth-order valence-electron chi connectivity index (χ4n) is 2.47. The molecular weight excluding hydrogens is 256 g/mol. The molecule has 0 unspecified atom stereocenters. The van der Waals surface area contributed by atoms with Crippen molar-refractivity contribution in [2.75, 3.05) is 0 Å². The molecule has 1 aliphatic rings. The van der Waals surface area contributed by atoms with Crippen molar-refractivity contribution in [3.05, 3.63) is 24.0 Å². The standard InChI is InChI=1S/C15H22N2O3/c1-3-10(2)13(15(19)20)16-14(18)12-8-5-9-17(12)11-6-4-7-11/h5,8-11,13H,3-4,6-7H2,1-2H3,(H,16,18)(H,19,20)/t10-,13-/m0/s1. The van der Waals surface area contributed by atoms with Crippen LogP contribution < -0.4 is 5.32 Å². The van der Waals surface area contributed by atoms with Gasteiger partial charge in [0, 0.05) is 12.2 Å². The number of carboxylic acids is 1. The zero-order valence-corrected chi connectivity index (χ0v) is 12.0. The van der Waals surface area contributed by atoms with Gasteiger partial charge in [-0.1, -0.05) is 20.3 Å². The lowest BCUT2D eigenvalue weighted by Gasteiger charge is -2.29. The molecule has 1 aromatic rings. The Morgan fingerprint density at radius 2 is 2.20 bits per heavy atom. The van der Waals surface area contributed by atoms with Crippen molar-refractivity contribution in [2.24, 2.45) is 5.92 Å². The number of rotatable bonds is 6. The van der Waals surface area contributed by atoms with Gasteiger partial charge in [0.1, 0.15) is 11.7 Å². The second-order valence-corrected chi connectivity index (χ2v) is 5.56. The number of carboxylic acid groups (broad SMARTS) is 1. The van der Waals surface area contributed by atoms with Gasteiger partial charge in [0.05, 0.1) is 0 Å². The number of hydrogen-bond acceptors (Lipinski definition) is 2. The van der Waals surface area contributed by atoms with E-state index in [-0.39, 0.29) is 11.8 Å². The first-order chi connectivity index (χ1) is 9.54. The molecule has 110 valence electrons. The molecule has 1 fully saturated rings. The lowest BCUT2D eigenvalue weighted by atomic mass is 9.92. The van der Waals surface area contributed by atoms with Crippen LogP contribution >= 0.6 is 0 Å². The molecule has 5 heteroatoms. The first-order valence-corrected chi connectivity index (χ1v) is 7.25. The first kappa shape index (κ1) is 14.6. The highest BCUT2D eigenvalue weighted by atomic mass is 16.4. The van der Waals surface area contributed by atoms with Gasteiger partial charge in [0.25, 0.3) is 5.91 Å². The normalized spacial score (nSPS) is 18.1. The Hall–Kier alpha value is -1.78. The van der Waals surface area contributed by atoms with Crippen molar-refractivity contribution in [3.63, 3.8) is 0 Å². The van der Waals surface area contributed by atoms with Crippen LogP contribution in [0.5, 0.6) is 0 Å². The van der Waals surface area contributed by atoms with E-state index in [1.807, 2.05) is 30.7 Å². The molecule has 0 radical (unpaired) electrons. The van der Waals surface area contributed by atoms with Crippen molar-refractivity contribution < 1.29 is 14.7 Å². The fourth-order valence-corrected chi connectivity index (χ4v) is 2.47. The monoisotopic (exact) mass is 278 g/mol. The summed E-state index contributed by atoms with van der Waals surface area (Å²) in [4.78, 5) is 23.6. The van der Waals surface area contributed by atoms with Crippen LogP contribution in [0.1, 0.15) is 56.1 Å². The van der Waals surface area contributed by atoms with E-state index in [1.165, 1.54) is 6.42 Å². The maximum absolute atomic E-state index is 12.3. The smallest absolute Gasteiger partial charge is 0.326 e. The van der Waals surface area contributed by atoms with Gasteiger partial charge in [-0.25, -0.2) is 4.79 Å². The molecule has 1 saturated carbocycles. The second-order valence-electron chi connectivity index (χ2n) is 5.56. The summed E-state index contributed by atoms with van der Waals surface area (Å²) >= 11 is 0. The van der Waals surface area contributed by atoms with Gasteiger partial charge in [0.2, 0.25) is 0 Å². The van der Waals surface area contributed by atoms with Crippen LogP contribution in [0.4, 0.5) is 0 Å². The number of nitrogens with zero attached hydrogens (tertiary/aromatic N) is 1. The van der Waals surface area contributed by atoms with E-state index in [0.717, 1.165) is 12.8 Å². The predicted molar refractivity (Wildman–Crippen MR) is 75.7 cm³/mol. The van der Waals surface area contributed by atoms with E-state index >= 15 is 0 Å². The predicted octanol–water partition coefficient (Wildman–Crippen LogP) is 2.44. The van der Waals surface area contributed by atoms with E-state index in [1.54, 1.807) is 6.07 Å². The van der Waals surface area contributed by atoms with Crippen molar-refractivity contribution in [1.82, 2.24) is 9.88 Å². The van der Waals surface area contributed by atoms with E-state index in [0.29, 0.717) is 18.2 Å². The van der Waals surface area contributed by atoms with Crippen LogP contribution in [-0.2, 0) is 4.79 Å². The van der Waals surface area contributed by atoms with Crippen LogP contribution in [0.3, 0.4) is 0 Å². The molecule has 20 heavy (non-hydrogen) atoms. The Kier molecular flexibility index (Phi) is 4.47. The second kappa shape index (κ2) is 6.11. The summed E-state index contributed by atoms with van der Waals surface area (Å²) in [5, 5.41) is 11.9. The van der Waals surface area contributed by atoms with Crippen LogP contribution in [0.25, 0.3) is 0 Å². The largest absolute Gasteiger partial charge is 0.480 e. The number of carbonyl (C=O) groups is 2. The number of hydrogen-bond donors (Lipinski definition) is 2. The van der Waals surface area contributed by atoms with Crippen molar-refractivity contribution in [3.8, 4) is 0 Å². The minimum absolute atomic E-state index is 0.0939. The Balaban J connectivity index is 2.10. The minimum Gasteiger partial charge on any atom is -0.480 e. The highest BCUT2D eigenvalue weighted by molar-refractivity contribution is 5.95. The molecule has 2 N–H and O–H groups in total. The summed E-state index contributed by atoms with van der Waals surface area (Å²) in [5.41, 5.74) is 0.559. The Morgan fingerprint density at radius 1 is 1.50 bits per heavy atom. The third kappa shape index (κ3) is 2.86.